The summed E-state index contributed by atoms with van der Waals surface area (Å²) in [5, 5.41) is 3.67. The van der Waals surface area contributed by atoms with Crippen LogP contribution in [-0.4, -0.2) is 6.10 Å². The summed E-state index contributed by atoms with van der Waals surface area (Å²) >= 11 is 8.35. The van der Waals surface area contributed by atoms with E-state index in [1.54, 1.807) is 6.07 Å². The molecule has 3 nitrogen and oxygen atoms in total. The fraction of sp³-hybridized carbons (Fsp3) is 0.200. The first kappa shape index (κ1) is 16.2. The Morgan fingerprint density at radius 1 is 1.24 bits per heavy atom. The first-order valence-corrected chi connectivity index (χ1v) is 7.80. The molecule has 0 bridgehead atoms. The fourth-order valence-electron chi connectivity index (χ4n) is 1.76. The summed E-state index contributed by atoms with van der Waals surface area (Å²) in [5.41, 5.74) is 7.39. The number of rotatable bonds is 4. The Bertz CT molecular complexity index is 664. The van der Waals surface area contributed by atoms with Crippen LogP contribution in [0.2, 0.25) is 5.02 Å². The third-order valence-electron chi connectivity index (χ3n) is 2.67. The number of hydrogen-bond donors (Lipinski definition) is 2. The molecule has 112 valence electrons. The van der Waals surface area contributed by atoms with Gasteiger partial charge in [0.2, 0.25) is 0 Å². The van der Waals surface area contributed by atoms with Crippen LogP contribution in [0.3, 0.4) is 0 Å². The lowest BCUT2D eigenvalue weighted by Gasteiger charge is -2.15. The van der Waals surface area contributed by atoms with Crippen LogP contribution in [0.4, 0.5) is 21.5 Å². The second kappa shape index (κ2) is 6.70. The predicted molar refractivity (Wildman–Crippen MR) is 94.0 cm³/mol. The fourth-order valence-corrected chi connectivity index (χ4v) is 2.66. The van der Waals surface area contributed by atoms with Crippen molar-refractivity contribution in [2.75, 3.05) is 11.1 Å². The van der Waals surface area contributed by atoms with Crippen molar-refractivity contribution >= 4 is 51.3 Å². The third kappa shape index (κ3) is 4.14. The van der Waals surface area contributed by atoms with Crippen LogP contribution in [-0.2, 0) is 0 Å². The van der Waals surface area contributed by atoms with Gasteiger partial charge in [-0.15, -0.1) is 0 Å². The van der Waals surface area contributed by atoms with E-state index in [4.69, 9.17) is 22.1 Å². The normalized spacial score (nSPS) is 10.8. The molecular weight excluding hydrogens is 406 g/mol. The zero-order chi connectivity index (χ0) is 15.6. The van der Waals surface area contributed by atoms with Crippen molar-refractivity contribution < 1.29 is 9.13 Å². The summed E-state index contributed by atoms with van der Waals surface area (Å²) in [7, 11) is 0. The maximum Gasteiger partial charge on any atom is 0.167 e. The predicted octanol–water partition coefficient (Wildman–Crippen LogP) is 5.20. The molecule has 2 rings (SSSR count). The van der Waals surface area contributed by atoms with Gasteiger partial charge in [-0.1, -0.05) is 11.6 Å². The molecule has 3 N–H and O–H groups in total. The summed E-state index contributed by atoms with van der Waals surface area (Å²) in [6.45, 7) is 3.66. The van der Waals surface area contributed by atoms with E-state index < -0.39 is 5.82 Å². The van der Waals surface area contributed by atoms with E-state index in [0.717, 1.165) is 3.57 Å². The van der Waals surface area contributed by atoms with Gasteiger partial charge in [0.05, 0.1) is 28.2 Å². The van der Waals surface area contributed by atoms with Crippen LogP contribution < -0.4 is 15.8 Å². The van der Waals surface area contributed by atoms with Crippen molar-refractivity contribution in [2.45, 2.75) is 20.0 Å². The number of anilines is 3. The molecule has 0 amide bonds. The van der Waals surface area contributed by atoms with E-state index in [-0.39, 0.29) is 11.9 Å². The number of nitrogens with one attached hydrogen (secondary N) is 1. The average molecular weight is 421 g/mol. The van der Waals surface area contributed by atoms with Gasteiger partial charge in [-0.25, -0.2) is 4.39 Å². The van der Waals surface area contributed by atoms with Crippen molar-refractivity contribution in [3.05, 3.63) is 44.7 Å². The topological polar surface area (TPSA) is 47.3 Å². The molecule has 0 aliphatic heterocycles. The summed E-state index contributed by atoms with van der Waals surface area (Å²) < 4.78 is 20.3. The molecule has 0 atom stereocenters. The summed E-state index contributed by atoms with van der Waals surface area (Å²) in [4.78, 5) is 0. The Kier molecular flexibility index (Phi) is 5.16. The highest BCUT2D eigenvalue weighted by atomic mass is 127. The van der Waals surface area contributed by atoms with Crippen molar-refractivity contribution in [1.82, 2.24) is 0 Å². The molecule has 2 aromatic carbocycles. The molecule has 0 fully saturated rings. The van der Waals surface area contributed by atoms with Crippen molar-refractivity contribution in [3.63, 3.8) is 0 Å². The SMILES string of the molecule is CC(C)Oc1cc(Nc2ccc(I)cc2Cl)c(N)cc1F. The smallest absolute Gasteiger partial charge is 0.167 e. The lowest BCUT2D eigenvalue weighted by molar-refractivity contribution is 0.231. The van der Waals surface area contributed by atoms with Crippen LogP contribution in [0.15, 0.2) is 30.3 Å². The Labute approximate surface area is 141 Å². The largest absolute Gasteiger partial charge is 0.488 e. The molecule has 0 aliphatic carbocycles. The van der Waals surface area contributed by atoms with E-state index in [2.05, 4.69) is 27.9 Å². The number of halogens is 3. The van der Waals surface area contributed by atoms with Gasteiger partial charge in [-0.2, -0.15) is 0 Å². The minimum atomic E-state index is -0.486. The van der Waals surface area contributed by atoms with Crippen molar-refractivity contribution in [2.24, 2.45) is 0 Å². The summed E-state index contributed by atoms with van der Waals surface area (Å²) in [6, 6.07) is 8.37. The molecule has 0 heterocycles. The molecule has 0 aromatic heterocycles. The minimum absolute atomic E-state index is 0.127. The Morgan fingerprint density at radius 3 is 2.57 bits per heavy atom. The van der Waals surface area contributed by atoms with Crippen molar-refractivity contribution in [1.29, 1.82) is 0 Å². The van der Waals surface area contributed by atoms with Gasteiger partial charge >= 0.3 is 0 Å². The summed E-state index contributed by atoms with van der Waals surface area (Å²) in [5.74, 6) is -0.330. The molecule has 0 unspecified atom stereocenters. The zero-order valence-corrected chi connectivity index (χ0v) is 14.5. The maximum atomic E-state index is 13.8. The second-order valence-corrected chi connectivity index (χ2v) is 6.44. The Morgan fingerprint density at radius 2 is 1.95 bits per heavy atom. The van der Waals surface area contributed by atoms with Crippen LogP contribution in [0.1, 0.15) is 13.8 Å². The standard InChI is InChI=1S/C15H15ClFIN2O/c1-8(2)21-15-7-14(12(19)6-11(15)17)20-13-4-3-9(18)5-10(13)16/h3-8,20H,19H2,1-2H3. The van der Waals surface area contributed by atoms with Gasteiger partial charge in [-0.3, -0.25) is 0 Å². The molecule has 0 radical (unpaired) electrons. The average Bonchev–Trinajstić information content (AvgIpc) is 2.37. The molecule has 21 heavy (non-hydrogen) atoms. The third-order valence-corrected chi connectivity index (χ3v) is 3.65. The van der Waals surface area contributed by atoms with Gasteiger partial charge in [0.25, 0.3) is 0 Å². The molecule has 0 aliphatic rings. The number of hydrogen-bond acceptors (Lipinski definition) is 3. The van der Waals surface area contributed by atoms with Crippen LogP contribution >= 0.6 is 34.2 Å². The van der Waals surface area contributed by atoms with E-state index in [1.165, 1.54) is 6.07 Å². The van der Waals surface area contributed by atoms with Crippen LogP contribution in [0.25, 0.3) is 0 Å². The van der Waals surface area contributed by atoms with Gasteiger partial charge in [-0.05, 0) is 54.6 Å². The zero-order valence-electron chi connectivity index (χ0n) is 11.6. The van der Waals surface area contributed by atoms with Gasteiger partial charge < -0.3 is 15.8 Å². The number of nitrogens with two attached hydrogens (primary N) is 1. The molecule has 0 saturated carbocycles. The second-order valence-electron chi connectivity index (χ2n) is 4.79. The first-order valence-electron chi connectivity index (χ1n) is 6.34. The molecule has 2 aromatic rings. The van der Waals surface area contributed by atoms with E-state index in [1.807, 2.05) is 32.0 Å². The molecule has 0 saturated heterocycles. The van der Waals surface area contributed by atoms with E-state index >= 15 is 0 Å². The van der Waals surface area contributed by atoms with Gasteiger partial charge in [0.1, 0.15) is 0 Å². The monoisotopic (exact) mass is 420 g/mol. The lowest BCUT2D eigenvalue weighted by Crippen LogP contribution is -2.08. The Hall–Kier alpha value is -1.21. The number of nitrogen functional groups attached to an aromatic ring is 1. The highest BCUT2D eigenvalue weighted by molar-refractivity contribution is 14.1. The lowest BCUT2D eigenvalue weighted by atomic mass is 10.2. The molecule has 0 spiro atoms. The van der Waals surface area contributed by atoms with Crippen LogP contribution in [0.5, 0.6) is 5.75 Å². The number of ether oxygens (including phenoxy) is 1. The minimum Gasteiger partial charge on any atom is -0.488 e. The van der Waals surface area contributed by atoms with E-state index in [9.17, 15) is 4.39 Å². The highest BCUT2D eigenvalue weighted by Gasteiger charge is 2.12. The van der Waals surface area contributed by atoms with Crippen LogP contribution in [0, 0.1) is 9.39 Å². The number of benzene rings is 2. The van der Waals surface area contributed by atoms with E-state index in [0.29, 0.717) is 22.1 Å². The summed E-state index contributed by atoms with van der Waals surface area (Å²) in [6.07, 6.45) is -0.127. The first-order chi connectivity index (χ1) is 9.86. The highest BCUT2D eigenvalue weighted by Crippen LogP contribution is 2.33. The molecular formula is C15H15ClFIN2O. The maximum absolute atomic E-state index is 13.8. The Balaban J connectivity index is 2.34. The van der Waals surface area contributed by atoms with Crippen molar-refractivity contribution in [3.8, 4) is 5.75 Å². The van der Waals surface area contributed by atoms with Gasteiger partial charge in [0, 0.05) is 15.7 Å². The quantitative estimate of drug-likeness (QED) is 0.528. The molecule has 6 heteroatoms. The van der Waals surface area contributed by atoms with Gasteiger partial charge in [0.15, 0.2) is 11.6 Å².